The van der Waals surface area contributed by atoms with E-state index in [1.54, 1.807) is 30.3 Å². The van der Waals surface area contributed by atoms with Crippen molar-refractivity contribution in [3.8, 4) is 11.1 Å². The average Bonchev–Trinajstić information content (AvgIpc) is 2.62. The van der Waals surface area contributed by atoms with E-state index in [1.165, 1.54) is 13.1 Å². The van der Waals surface area contributed by atoms with Crippen LogP contribution in [-0.4, -0.2) is 16.7 Å². The number of ketones is 1. The second-order valence-electron chi connectivity index (χ2n) is 5.55. The number of Topliss-reactive ketones (excluding diaryl/α,β-unsaturated/α-hetero) is 1. The number of hydrogen-bond donors (Lipinski definition) is 2. The number of anilines is 1. The fraction of sp³-hybridized carbons (Fsp3) is 0.0500. The Kier molecular flexibility index (Phi) is 4.57. The molecule has 5 nitrogen and oxygen atoms in total. The lowest BCUT2D eigenvalue weighted by atomic mass is 10.0. The van der Waals surface area contributed by atoms with Gasteiger partial charge in [-0.25, -0.2) is 0 Å². The second kappa shape index (κ2) is 6.97. The summed E-state index contributed by atoms with van der Waals surface area (Å²) in [4.78, 5) is 39.0. The third-order valence-electron chi connectivity index (χ3n) is 3.80. The number of pyridine rings is 1. The zero-order chi connectivity index (χ0) is 17.8. The van der Waals surface area contributed by atoms with Crippen molar-refractivity contribution in [2.24, 2.45) is 0 Å². The molecule has 0 radical (unpaired) electrons. The average molecular weight is 332 g/mol. The van der Waals surface area contributed by atoms with Crippen LogP contribution in [0.2, 0.25) is 0 Å². The van der Waals surface area contributed by atoms with Gasteiger partial charge in [0.05, 0.1) is 0 Å². The van der Waals surface area contributed by atoms with Crippen molar-refractivity contribution in [3.05, 3.63) is 88.3 Å². The summed E-state index contributed by atoms with van der Waals surface area (Å²) >= 11 is 0. The van der Waals surface area contributed by atoms with Crippen LogP contribution in [0.1, 0.15) is 27.6 Å². The molecule has 2 N–H and O–H groups in total. The van der Waals surface area contributed by atoms with Gasteiger partial charge in [0.2, 0.25) is 0 Å². The molecule has 0 aliphatic carbocycles. The molecule has 1 heterocycles. The minimum atomic E-state index is -0.526. The summed E-state index contributed by atoms with van der Waals surface area (Å²) < 4.78 is 0. The van der Waals surface area contributed by atoms with E-state index in [-0.39, 0.29) is 11.3 Å². The first-order chi connectivity index (χ1) is 12.1. The monoisotopic (exact) mass is 332 g/mol. The number of benzene rings is 2. The summed E-state index contributed by atoms with van der Waals surface area (Å²) in [5.41, 5.74) is 1.83. The first-order valence-corrected chi connectivity index (χ1v) is 7.76. The summed E-state index contributed by atoms with van der Waals surface area (Å²) in [7, 11) is 0. The quantitative estimate of drug-likeness (QED) is 0.718. The maximum Gasteiger partial charge on any atom is 0.261 e. The molecule has 25 heavy (non-hydrogen) atoms. The molecule has 0 aliphatic heterocycles. The van der Waals surface area contributed by atoms with E-state index in [0.717, 1.165) is 5.56 Å². The molecule has 0 aliphatic rings. The van der Waals surface area contributed by atoms with Gasteiger partial charge < -0.3 is 10.3 Å². The summed E-state index contributed by atoms with van der Waals surface area (Å²) in [5.74, 6) is -0.625. The van der Waals surface area contributed by atoms with Gasteiger partial charge in [0.25, 0.3) is 11.5 Å². The van der Waals surface area contributed by atoms with Crippen molar-refractivity contribution in [1.29, 1.82) is 0 Å². The van der Waals surface area contributed by atoms with Crippen molar-refractivity contribution in [3.63, 3.8) is 0 Å². The zero-order valence-corrected chi connectivity index (χ0v) is 13.6. The molecule has 0 spiro atoms. The third-order valence-corrected chi connectivity index (χ3v) is 3.80. The molecule has 0 saturated heterocycles. The normalized spacial score (nSPS) is 10.3. The Morgan fingerprint density at radius 2 is 1.72 bits per heavy atom. The summed E-state index contributed by atoms with van der Waals surface area (Å²) in [6, 6.07) is 17.5. The number of H-pyrrole nitrogens is 1. The number of nitrogens with one attached hydrogen (secondary N) is 2. The SMILES string of the molecule is CC(=O)c1cccc(NC(=O)c2c(-c3ccccc3)cc[nH]c2=O)c1. The topological polar surface area (TPSA) is 79.0 Å². The van der Waals surface area contributed by atoms with E-state index >= 15 is 0 Å². The van der Waals surface area contributed by atoms with E-state index in [0.29, 0.717) is 16.8 Å². The lowest BCUT2D eigenvalue weighted by Gasteiger charge is -2.10. The molecule has 1 amide bonds. The number of aromatic nitrogens is 1. The number of hydrogen-bond acceptors (Lipinski definition) is 3. The van der Waals surface area contributed by atoms with Gasteiger partial charge in [-0.15, -0.1) is 0 Å². The fourth-order valence-corrected chi connectivity index (χ4v) is 2.57. The highest BCUT2D eigenvalue weighted by Crippen LogP contribution is 2.22. The predicted octanol–water partition coefficient (Wildman–Crippen LogP) is 3.50. The summed E-state index contributed by atoms with van der Waals surface area (Å²) in [6.07, 6.45) is 1.51. The first-order valence-electron chi connectivity index (χ1n) is 7.76. The number of aromatic amines is 1. The largest absolute Gasteiger partial charge is 0.328 e. The van der Waals surface area contributed by atoms with Gasteiger partial charge in [-0.3, -0.25) is 14.4 Å². The van der Waals surface area contributed by atoms with E-state index in [4.69, 9.17) is 0 Å². The fourth-order valence-electron chi connectivity index (χ4n) is 2.57. The van der Waals surface area contributed by atoms with E-state index in [2.05, 4.69) is 10.3 Å². The molecule has 1 aromatic heterocycles. The van der Waals surface area contributed by atoms with E-state index in [1.807, 2.05) is 30.3 Å². The van der Waals surface area contributed by atoms with Crippen LogP contribution in [0.5, 0.6) is 0 Å². The maximum atomic E-state index is 12.7. The maximum absolute atomic E-state index is 12.7. The Bertz CT molecular complexity index is 991. The standard InChI is InChI=1S/C20H16N2O3/c1-13(23)15-8-5-9-16(12-15)22-20(25)18-17(10-11-21-19(18)24)14-6-3-2-4-7-14/h2-12H,1H3,(H,21,24)(H,22,25). The van der Waals surface area contributed by atoms with Crippen LogP contribution < -0.4 is 10.9 Å². The number of carbonyl (C=O) groups excluding carboxylic acids is 2. The Hall–Kier alpha value is -3.47. The van der Waals surface area contributed by atoms with Gasteiger partial charge in [0, 0.05) is 23.0 Å². The summed E-state index contributed by atoms with van der Waals surface area (Å²) in [6.45, 7) is 1.45. The van der Waals surface area contributed by atoms with E-state index < -0.39 is 11.5 Å². The Labute approximate surface area is 144 Å². The van der Waals surface area contributed by atoms with Crippen molar-refractivity contribution in [2.75, 3.05) is 5.32 Å². The molecule has 0 atom stereocenters. The van der Waals surface area contributed by atoms with Crippen LogP contribution in [0.4, 0.5) is 5.69 Å². The predicted molar refractivity (Wildman–Crippen MR) is 96.9 cm³/mol. The minimum absolute atomic E-state index is 0.0296. The van der Waals surface area contributed by atoms with Crippen molar-refractivity contribution >= 4 is 17.4 Å². The van der Waals surface area contributed by atoms with Gasteiger partial charge in [-0.05, 0) is 30.7 Å². The number of rotatable bonds is 4. The van der Waals surface area contributed by atoms with Gasteiger partial charge in [-0.1, -0.05) is 42.5 Å². The smallest absolute Gasteiger partial charge is 0.261 e. The number of carbonyl (C=O) groups is 2. The highest BCUT2D eigenvalue weighted by Gasteiger charge is 2.17. The lowest BCUT2D eigenvalue weighted by Crippen LogP contribution is -2.24. The molecule has 0 saturated carbocycles. The molecule has 0 bridgehead atoms. The first kappa shape index (κ1) is 16.4. The molecule has 3 aromatic rings. The molecule has 0 fully saturated rings. The minimum Gasteiger partial charge on any atom is -0.328 e. The summed E-state index contributed by atoms with van der Waals surface area (Å²) in [5, 5.41) is 2.69. The van der Waals surface area contributed by atoms with Gasteiger partial charge in [0.1, 0.15) is 5.56 Å². The van der Waals surface area contributed by atoms with Crippen molar-refractivity contribution in [1.82, 2.24) is 4.98 Å². The zero-order valence-electron chi connectivity index (χ0n) is 13.6. The van der Waals surface area contributed by atoms with E-state index in [9.17, 15) is 14.4 Å². The molecular formula is C20H16N2O3. The van der Waals surface area contributed by atoms with Crippen molar-refractivity contribution < 1.29 is 9.59 Å². The van der Waals surface area contributed by atoms with Gasteiger partial charge in [0.15, 0.2) is 5.78 Å². The van der Waals surface area contributed by atoms with Crippen LogP contribution in [-0.2, 0) is 0 Å². The number of amides is 1. The molecule has 3 rings (SSSR count). The third kappa shape index (κ3) is 3.55. The molecular weight excluding hydrogens is 316 g/mol. The molecule has 124 valence electrons. The second-order valence-corrected chi connectivity index (χ2v) is 5.55. The molecule has 0 unspecified atom stereocenters. The van der Waals surface area contributed by atoms with Crippen molar-refractivity contribution in [2.45, 2.75) is 6.92 Å². The van der Waals surface area contributed by atoms with Crippen LogP contribution >= 0.6 is 0 Å². The molecule has 2 aromatic carbocycles. The Morgan fingerprint density at radius 3 is 2.44 bits per heavy atom. The molecule has 5 heteroatoms. The Balaban J connectivity index is 2.00. The highest BCUT2D eigenvalue weighted by molar-refractivity contribution is 6.08. The highest BCUT2D eigenvalue weighted by atomic mass is 16.2. The Morgan fingerprint density at radius 1 is 0.960 bits per heavy atom. The lowest BCUT2D eigenvalue weighted by molar-refractivity contribution is 0.101. The van der Waals surface area contributed by atoms with Crippen LogP contribution in [0.25, 0.3) is 11.1 Å². The van der Waals surface area contributed by atoms with Crippen LogP contribution in [0, 0.1) is 0 Å². The van der Waals surface area contributed by atoms with Gasteiger partial charge in [-0.2, -0.15) is 0 Å². The van der Waals surface area contributed by atoms with Gasteiger partial charge >= 0.3 is 0 Å². The van der Waals surface area contributed by atoms with Crippen LogP contribution in [0.15, 0.2) is 71.7 Å². The van der Waals surface area contributed by atoms with Crippen LogP contribution in [0.3, 0.4) is 0 Å².